The van der Waals surface area contributed by atoms with E-state index in [9.17, 15) is 4.79 Å². The van der Waals surface area contributed by atoms with Crippen LogP contribution in [-0.4, -0.2) is 69.3 Å². The molecule has 7 nitrogen and oxygen atoms in total. The highest BCUT2D eigenvalue weighted by Crippen LogP contribution is 2.29. The van der Waals surface area contributed by atoms with Gasteiger partial charge in [0.15, 0.2) is 5.65 Å². The number of imidazole rings is 1. The van der Waals surface area contributed by atoms with Gasteiger partial charge >= 0.3 is 0 Å². The molecule has 1 aliphatic rings. The molecule has 0 atom stereocenters. The van der Waals surface area contributed by atoms with E-state index in [4.69, 9.17) is 4.98 Å². The zero-order valence-corrected chi connectivity index (χ0v) is 17.1. The Morgan fingerprint density at radius 2 is 2.03 bits per heavy atom. The summed E-state index contributed by atoms with van der Waals surface area (Å²) >= 11 is 0. The van der Waals surface area contributed by atoms with E-state index in [1.165, 1.54) is 5.56 Å². The fraction of sp³-hybridized carbons (Fsp3) is 0.409. The molecule has 4 rings (SSSR count). The first-order valence-corrected chi connectivity index (χ1v) is 10.3. The van der Waals surface area contributed by atoms with Crippen LogP contribution >= 0.6 is 0 Å². The van der Waals surface area contributed by atoms with Gasteiger partial charge < -0.3 is 15.1 Å². The Morgan fingerprint density at radius 3 is 2.79 bits per heavy atom. The second-order valence-corrected chi connectivity index (χ2v) is 7.47. The minimum atomic E-state index is 0.209. The number of fused-ring (bicyclic) bond motifs is 1. The van der Waals surface area contributed by atoms with Crippen molar-refractivity contribution in [2.45, 2.75) is 20.3 Å². The van der Waals surface area contributed by atoms with Crippen LogP contribution in [0, 0.1) is 6.92 Å². The number of nitrogens with zero attached hydrogens (tertiary/aromatic N) is 5. The number of benzene rings is 1. The number of nitrogens with one attached hydrogen (secondary N) is 1. The van der Waals surface area contributed by atoms with Crippen molar-refractivity contribution in [1.82, 2.24) is 24.2 Å². The van der Waals surface area contributed by atoms with Gasteiger partial charge in [-0.2, -0.15) is 0 Å². The van der Waals surface area contributed by atoms with Crippen LogP contribution in [0.25, 0.3) is 16.9 Å². The van der Waals surface area contributed by atoms with E-state index in [1.54, 1.807) is 12.4 Å². The van der Waals surface area contributed by atoms with Crippen LogP contribution in [0.5, 0.6) is 0 Å². The summed E-state index contributed by atoms with van der Waals surface area (Å²) in [5.41, 5.74) is 3.91. The zero-order valence-electron chi connectivity index (χ0n) is 17.1. The molecule has 0 aliphatic carbocycles. The third-order valence-electron chi connectivity index (χ3n) is 5.53. The molecule has 3 heterocycles. The molecule has 0 saturated carbocycles. The largest absolute Gasteiger partial charge is 0.369 e. The summed E-state index contributed by atoms with van der Waals surface area (Å²) in [4.78, 5) is 25.9. The van der Waals surface area contributed by atoms with E-state index in [0.29, 0.717) is 13.0 Å². The molecule has 2 aromatic heterocycles. The lowest BCUT2D eigenvalue weighted by Gasteiger charge is -2.34. The number of carbonyl (C=O) groups is 1. The smallest absolute Gasteiger partial charge is 0.224 e. The Hall–Kier alpha value is -2.93. The van der Waals surface area contributed by atoms with Gasteiger partial charge in [0.2, 0.25) is 5.91 Å². The molecule has 1 saturated heterocycles. The first kappa shape index (κ1) is 19.4. The fourth-order valence-corrected chi connectivity index (χ4v) is 3.83. The summed E-state index contributed by atoms with van der Waals surface area (Å²) in [6.07, 6.45) is 5.87. The normalized spacial score (nSPS) is 15.0. The topological polar surface area (TPSA) is 65.8 Å². The molecule has 1 fully saturated rings. The molecule has 1 amide bonds. The van der Waals surface area contributed by atoms with Crippen molar-refractivity contribution in [1.29, 1.82) is 0 Å². The number of hydrogen-bond donors (Lipinski definition) is 1. The Kier molecular flexibility index (Phi) is 5.76. The van der Waals surface area contributed by atoms with Crippen LogP contribution in [0.2, 0.25) is 0 Å². The van der Waals surface area contributed by atoms with E-state index in [1.807, 2.05) is 21.6 Å². The molecule has 29 heavy (non-hydrogen) atoms. The van der Waals surface area contributed by atoms with E-state index in [0.717, 1.165) is 55.4 Å². The number of aromatic nitrogens is 3. The predicted molar refractivity (Wildman–Crippen MR) is 115 cm³/mol. The third-order valence-corrected chi connectivity index (χ3v) is 5.53. The predicted octanol–water partition coefficient (Wildman–Crippen LogP) is 2.67. The Balaban J connectivity index is 1.48. The number of anilines is 1. The summed E-state index contributed by atoms with van der Waals surface area (Å²) < 4.78 is 2.00. The second-order valence-electron chi connectivity index (χ2n) is 7.47. The lowest BCUT2D eigenvalue weighted by atomic mass is 10.1. The molecule has 1 aliphatic heterocycles. The van der Waals surface area contributed by atoms with Crippen molar-refractivity contribution < 1.29 is 4.79 Å². The van der Waals surface area contributed by atoms with Crippen LogP contribution in [0.4, 0.5) is 5.82 Å². The average molecular weight is 393 g/mol. The van der Waals surface area contributed by atoms with Crippen molar-refractivity contribution >= 4 is 17.4 Å². The minimum Gasteiger partial charge on any atom is -0.369 e. The minimum absolute atomic E-state index is 0.209. The van der Waals surface area contributed by atoms with E-state index in [-0.39, 0.29) is 5.91 Å². The first-order valence-electron chi connectivity index (χ1n) is 10.3. The number of amides is 1. The van der Waals surface area contributed by atoms with Gasteiger partial charge in [-0.3, -0.25) is 14.2 Å². The van der Waals surface area contributed by atoms with Crippen LogP contribution < -0.4 is 5.32 Å². The van der Waals surface area contributed by atoms with Gasteiger partial charge in [0.05, 0.1) is 6.20 Å². The average Bonchev–Trinajstić information content (AvgIpc) is 3.12. The molecule has 0 spiro atoms. The molecular weight excluding hydrogens is 364 g/mol. The first-order chi connectivity index (χ1) is 14.2. The van der Waals surface area contributed by atoms with Crippen molar-refractivity contribution in [3.05, 3.63) is 48.4 Å². The molecule has 3 aromatic rings. The second kappa shape index (κ2) is 8.61. The number of likely N-dealkylation sites (N-methyl/N-ethyl adjacent to an activating group) is 1. The van der Waals surface area contributed by atoms with Crippen LogP contribution in [-0.2, 0) is 4.79 Å². The molecule has 1 N–H and O–H groups in total. The maximum Gasteiger partial charge on any atom is 0.224 e. The van der Waals surface area contributed by atoms with Gasteiger partial charge in [-0.15, -0.1) is 0 Å². The third kappa shape index (κ3) is 4.24. The van der Waals surface area contributed by atoms with Gasteiger partial charge in [-0.25, -0.2) is 4.98 Å². The zero-order chi connectivity index (χ0) is 20.2. The standard InChI is InChI=1S/C22H28N6O/c1-3-26-11-13-27(14-12-26)20(29)7-8-24-22-21(18-6-4-5-17(2)15-18)25-19-16-23-9-10-28(19)22/h4-6,9-10,15-16,24H,3,7-8,11-14H2,1-2H3. The van der Waals surface area contributed by atoms with Gasteiger partial charge in [0, 0.05) is 57.1 Å². The monoisotopic (exact) mass is 392 g/mol. The van der Waals surface area contributed by atoms with Gasteiger partial charge in [-0.1, -0.05) is 30.7 Å². The maximum absolute atomic E-state index is 12.6. The van der Waals surface area contributed by atoms with Crippen molar-refractivity contribution in [3.8, 4) is 11.3 Å². The molecular formula is C22H28N6O. The quantitative estimate of drug-likeness (QED) is 0.699. The number of piperazine rings is 1. The van der Waals surface area contributed by atoms with Crippen LogP contribution in [0.1, 0.15) is 18.9 Å². The van der Waals surface area contributed by atoms with E-state index in [2.05, 4.69) is 47.2 Å². The lowest BCUT2D eigenvalue weighted by Crippen LogP contribution is -2.48. The Labute approximate surface area is 171 Å². The van der Waals surface area contributed by atoms with Gasteiger partial charge in [0.25, 0.3) is 0 Å². The number of hydrogen-bond acceptors (Lipinski definition) is 5. The molecule has 0 unspecified atom stereocenters. The molecule has 1 aromatic carbocycles. The van der Waals surface area contributed by atoms with E-state index < -0.39 is 0 Å². The molecule has 0 bridgehead atoms. The maximum atomic E-state index is 12.6. The molecule has 152 valence electrons. The van der Waals surface area contributed by atoms with Gasteiger partial charge in [-0.05, 0) is 19.5 Å². The Bertz CT molecular complexity index is 990. The summed E-state index contributed by atoms with van der Waals surface area (Å²) in [7, 11) is 0. The number of rotatable bonds is 6. The fourth-order valence-electron chi connectivity index (χ4n) is 3.83. The molecule has 0 radical (unpaired) electrons. The van der Waals surface area contributed by atoms with Crippen LogP contribution in [0.15, 0.2) is 42.9 Å². The highest BCUT2D eigenvalue weighted by Gasteiger charge is 2.20. The number of carbonyl (C=O) groups excluding carboxylic acids is 1. The number of aryl methyl sites for hydroxylation is 1. The van der Waals surface area contributed by atoms with Gasteiger partial charge in [0.1, 0.15) is 11.5 Å². The summed E-state index contributed by atoms with van der Waals surface area (Å²) in [5, 5.41) is 3.46. The highest BCUT2D eigenvalue weighted by molar-refractivity contribution is 5.79. The Morgan fingerprint density at radius 1 is 1.21 bits per heavy atom. The van der Waals surface area contributed by atoms with E-state index >= 15 is 0 Å². The molecule has 7 heteroatoms. The lowest BCUT2D eigenvalue weighted by molar-refractivity contribution is -0.132. The van der Waals surface area contributed by atoms with Crippen molar-refractivity contribution in [2.24, 2.45) is 0 Å². The summed E-state index contributed by atoms with van der Waals surface area (Å²) in [6, 6.07) is 8.30. The summed E-state index contributed by atoms with van der Waals surface area (Å²) in [6.45, 7) is 9.44. The van der Waals surface area contributed by atoms with Crippen LogP contribution in [0.3, 0.4) is 0 Å². The van der Waals surface area contributed by atoms with Crippen molar-refractivity contribution in [2.75, 3.05) is 44.6 Å². The SMILES string of the molecule is CCN1CCN(C(=O)CCNc2c(-c3cccc(C)c3)nc3cnccn23)CC1. The van der Waals surface area contributed by atoms with Crippen molar-refractivity contribution in [3.63, 3.8) is 0 Å². The highest BCUT2D eigenvalue weighted by atomic mass is 16.2. The summed E-state index contributed by atoms with van der Waals surface area (Å²) in [5.74, 6) is 1.11.